The van der Waals surface area contributed by atoms with Crippen LogP contribution in [0, 0.1) is 25.0 Å². The third kappa shape index (κ3) is 5.75. The Labute approximate surface area is 198 Å². The van der Waals surface area contributed by atoms with Crippen LogP contribution in [0.3, 0.4) is 0 Å². The van der Waals surface area contributed by atoms with Gasteiger partial charge in [-0.15, -0.1) is 0 Å². The number of halogens is 2. The van der Waals surface area contributed by atoms with Crippen molar-refractivity contribution in [3.05, 3.63) is 96.1 Å². The van der Waals surface area contributed by atoms with Gasteiger partial charge < -0.3 is 9.47 Å². The molecule has 0 aromatic heterocycles. The van der Waals surface area contributed by atoms with Crippen LogP contribution in [0.1, 0.15) is 16.7 Å². The van der Waals surface area contributed by atoms with Gasteiger partial charge >= 0.3 is 0 Å². The average Bonchev–Trinajstić information content (AvgIpc) is 2.77. The summed E-state index contributed by atoms with van der Waals surface area (Å²) in [6.07, 6.45) is 1.59. The minimum absolute atomic E-state index is 0.0892. The van der Waals surface area contributed by atoms with Gasteiger partial charge in [0.05, 0.1) is 28.7 Å². The van der Waals surface area contributed by atoms with E-state index in [1.165, 1.54) is 25.3 Å². The zero-order valence-electron chi connectivity index (χ0n) is 16.3. The number of benzene rings is 3. The number of allylic oxidation sites excluding steroid dienone is 1. The summed E-state index contributed by atoms with van der Waals surface area (Å²) < 4.78 is 12.4. The van der Waals surface area contributed by atoms with E-state index in [-0.39, 0.29) is 11.3 Å². The number of non-ortho nitro benzene ring substituents is 1. The molecule has 0 saturated carbocycles. The fourth-order valence-electron chi connectivity index (χ4n) is 2.83. The first-order valence-electron chi connectivity index (χ1n) is 9.02. The summed E-state index contributed by atoms with van der Waals surface area (Å²) in [7, 11) is 1.50. The molecule has 0 fully saturated rings. The van der Waals surface area contributed by atoms with E-state index in [0.717, 1.165) is 9.13 Å². The molecule has 3 aromatic carbocycles. The molecule has 0 radical (unpaired) electrons. The van der Waals surface area contributed by atoms with Gasteiger partial charge in [0.2, 0.25) is 0 Å². The van der Waals surface area contributed by atoms with Crippen LogP contribution in [0.2, 0.25) is 5.02 Å². The maximum atomic E-state index is 11.0. The molecule has 3 rings (SSSR count). The summed E-state index contributed by atoms with van der Waals surface area (Å²) in [5.41, 5.74) is 2.19. The molecule has 0 atom stereocenters. The number of nitriles is 1. The fourth-order valence-corrected chi connectivity index (χ4v) is 3.47. The van der Waals surface area contributed by atoms with Crippen LogP contribution in [-0.2, 0) is 6.61 Å². The Morgan fingerprint density at radius 1 is 1.23 bits per heavy atom. The van der Waals surface area contributed by atoms with Gasteiger partial charge in [-0.3, -0.25) is 10.1 Å². The molecular weight excluding hydrogens is 531 g/mol. The molecule has 8 heteroatoms. The fraction of sp³-hybridized carbons (Fsp3) is 0.0870. The largest absolute Gasteiger partial charge is 0.493 e. The van der Waals surface area contributed by atoms with Crippen LogP contribution >= 0.6 is 34.2 Å². The van der Waals surface area contributed by atoms with E-state index in [9.17, 15) is 15.4 Å². The third-order valence-electron chi connectivity index (χ3n) is 4.35. The molecule has 0 amide bonds. The Kier molecular flexibility index (Phi) is 7.50. The van der Waals surface area contributed by atoms with Crippen molar-refractivity contribution in [2.75, 3.05) is 7.11 Å². The molecular formula is C23H16ClIN2O4. The molecule has 0 aliphatic carbocycles. The second-order valence-electron chi connectivity index (χ2n) is 6.43. The first kappa shape index (κ1) is 22.6. The van der Waals surface area contributed by atoms with Crippen molar-refractivity contribution in [3.8, 4) is 17.6 Å². The van der Waals surface area contributed by atoms with Crippen molar-refractivity contribution < 1.29 is 14.4 Å². The van der Waals surface area contributed by atoms with Crippen molar-refractivity contribution >= 4 is 51.5 Å². The standard InChI is InChI=1S/C23H16ClIN2O4/c1-30-22-11-16(9-18(13-26)17-3-2-4-20(12-17)27(28)29)10-21(24)23(22)31-14-15-5-7-19(25)8-6-15/h2-12H,14H2,1H3/b18-9-. The van der Waals surface area contributed by atoms with E-state index in [1.807, 2.05) is 24.3 Å². The van der Waals surface area contributed by atoms with Crippen LogP contribution in [-0.4, -0.2) is 12.0 Å². The number of methoxy groups -OCH3 is 1. The highest BCUT2D eigenvalue weighted by Crippen LogP contribution is 2.38. The Bertz CT molecular complexity index is 1190. The number of hydrogen-bond acceptors (Lipinski definition) is 5. The molecule has 0 spiro atoms. The van der Waals surface area contributed by atoms with E-state index in [4.69, 9.17) is 21.1 Å². The van der Waals surface area contributed by atoms with Crippen LogP contribution in [0.5, 0.6) is 11.5 Å². The lowest BCUT2D eigenvalue weighted by atomic mass is 10.0. The first-order chi connectivity index (χ1) is 14.9. The van der Waals surface area contributed by atoms with Crippen molar-refractivity contribution in [3.63, 3.8) is 0 Å². The molecule has 0 unspecified atom stereocenters. The van der Waals surface area contributed by atoms with Gasteiger partial charge in [0.1, 0.15) is 6.61 Å². The summed E-state index contributed by atoms with van der Waals surface area (Å²) in [5, 5.41) is 20.9. The highest BCUT2D eigenvalue weighted by molar-refractivity contribution is 14.1. The van der Waals surface area contributed by atoms with Crippen LogP contribution in [0.15, 0.2) is 60.7 Å². The van der Waals surface area contributed by atoms with Crippen molar-refractivity contribution in [2.24, 2.45) is 0 Å². The molecule has 0 aliphatic rings. The summed E-state index contributed by atoms with van der Waals surface area (Å²) >= 11 is 8.67. The molecule has 3 aromatic rings. The minimum atomic E-state index is -0.502. The molecule has 0 aliphatic heterocycles. The number of rotatable bonds is 7. The lowest BCUT2D eigenvalue weighted by Gasteiger charge is -2.14. The second-order valence-corrected chi connectivity index (χ2v) is 8.08. The Hall–Kier alpha value is -3.09. The third-order valence-corrected chi connectivity index (χ3v) is 5.35. The average molecular weight is 547 g/mol. The van der Waals surface area contributed by atoms with Gasteiger partial charge in [-0.2, -0.15) is 5.26 Å². The summed E-state index contributed by atoms with van der Waals surface area (Å²) in [5.74, 6) is 0.814. The zero-order chi connectivity index (χ0) is 22.4. The van der Waals surface area contributed by atoms with E-state index in [1.54, 1.807) is 24.3 Å². The van der Waals surface area contributed by atoms with Crippen LogP contribution in [0.25, 0.3) is 11.6 Å². The monoisotopic (exact) mass is 546 g/mol. The SMILES string of the molecule is COc1cc(/C=C(/C#N)c2cccc([N+](=O)[O-])c2)cc(Cl)c1OCc1ccc(I)cc1. The van der Waals surface area contributed by atoms with E-state index < -0.39 is 4.92 Å². The predicted octanol–water partition coefficient (Wildman–Crippen LogP) is 6.50. The van der Waals surface area contributed by atoms with Gasteiger partial charge in [-0.1, -0.05) is 35.9 Å². The van der Waals surface area contributed by atoms with Crippen molar-refractivity contribution in [2.45, 2.75) is 6.61 Å². The number of nitro groups is 1. The minimum Gasteiger partial charge on any atom is -0.493 e. The Morgan fingerprint density at radius 3 is 2.61 bits per heavy atom. The highest BCUT2D eigenvalue weighted by atomic mass is 127. The lowest BCUT2D eigenvalue weighted by molar-refractivity contribution is -0.384. The highest BCUT2D eigenvalue weighted by Gasteiger charge is 2.14. The summed E-state index contributed by atoms with van der Waals surface area (Å²) in [4.78, 5) is 10.5. The maximum absolute atomic E-state index is 11.0. The van der Waals surface area contributed by atoms with Crippen molar-refractivity contribution in [1.82, 2.24) is 0 Å². The smallest absolute Gasteiger partial charge is 0.270 e. The molecule has 0 bridgehead atoms. The van der Waals surface area contributed by atoms with Gasteiger partial charge in [-0.05, 0) is 69.6 Å². The van der Waals surface area contributed by atoms with E-state index in [0.29, 0.717) is 34.3 Å². The lowest BCUT2D eigenvalue weighted by Crippen LogP contribution is -1.99. The van der Waals surface area contributed by atoms with E-state index in [2.05, 4.69) is 28.7 Å². The molecule has 0 heterocycles. The number of hydrogen-bond donors (Lipinski definition) is 0. The normalized spacial score (nSPS) is 11.0. The Morgan fingerprint density at radius 2 is 1.97 bits per heavy atom. The topological polar surface area (TPSA) is 85.4 Å². The second kappa shape index (κ2) is 10.3. The number of nitro benzene ring substituents is 1. The van der Waals surface area contributed by atoms with Gasteiger partial charge in [-0.25, -0.2) is 0 Å². The molecule has 156 valence electrons. The maximum Gasteiger partial charge on any atom is 0.270 e. The number of nitrogens with zero attached hydrogens (tertiary/aromatic N) is 2. The van der Waals surface area contributed by atoms with E-state index >= 15 is 0 Å². The van der Waals surface area contributed by atoms with Crippen molar-refractivity contribution in [1.29, 1.82) is 5.26 Å². The first-order valence-corrected chi connectivity index (χ1v) is 10.5. The van der Waals surface area contributed by atoms with Crippen LogP contribution < -0.4 is 9.47 Å². The number of ether oxygens (including phenoxy) is 2. The quantitative estimate of drug-likeness (QED) is 0.111. The summed E-state index contributed by atoms with van der Waals surface area (Å²) in [6.45, 7) is 0.319. The van der Waals surface area contributed by atoms with Gasteiger partial charge in [0.15, 0.2) is 11.5 Å². The molecule has 6 nitrogen and oxygen atoms in total. The predicted molar refractivity (Wildman–Crippen MR) is 128 cm³/mol. The molecule has 31 heavy (non-hydrogen) atoms. The summed E-state index contributed by atoms with van der Waals surface area (Å²) in [6, 6.07) is 19.3. The van der Waals surface area contributed by atoms with Gasteiger partial charge in [0.25, 0.3) is 5.69 Å². The van der Waals surface area contributed by atoms with Gasteiger partial charge in [0, 0.05) is 15.7 Å². The molecule has 0 N–H and O–H groups in total. The Balaban J connectivity index is 1.90. The molecule has 0 saturated heterocycles. The zero-order valence-corrected chi connectivity index (χ0v) is 19.3. The van der Waals surface area contributed by atoms with Crippen LogP contribution in [0.4, 0.5) is 5.69 Å².